The van der Waals surface area contributed by atoms with Gasteiger partial charge in [0, 0.05) is 17.6 Å². The number of aromatic nitrogens is 3. The molecule has 0 aliphatic heterocycles. The first-order chi connectivity index (χ1) is 8.09. The molecule has 1 N–H and O–H groups in total. The number of aromatic amines is 1. The topological polar surface area (TPSA) is 61.9 Å². The van der Waals surface area contributed by atoms with Crippen LogP contribution in [0.5, 0.6) is 0 Å². The van der Waals surface area contributed by atoms with E-state index in [9.17, 15) is 4.79 Å². The van der Waals surface area contributed by atoms with E-state index in [-0.39, 0.29) is 5.91 Å². The second-order valence-electron chi connectivity index (χ2n) is 3.93. The predicted molar refractivity (Wildman–Crippen MR) is 66.0 cm³/mol. The molecule has 0 radical (unpaired) electrons. The van der Waals surface area contributed by atoms with Crippen molar-refractivity contribution in [3.8, 4) is 0 Å². The fourth-order valence-electron chi connectivity index (χ4n) is 1.54. The van der Waals surface area contributed by atoms with E-state index in [0.29, 0.717) is 12.1 Å². The van der Waals surface area contributed by atoms with Crippen molar-refractivity contribution in [3.63, 3.8) is 0 Å². The molecule has 0 aliphatic rings. The van der Waals surface area contributed by atoms with Gasteiger partial charge < -0.3 is 4.90 Å². The molecule has 0 saturated heterocycles. The molecule has 2 aromatic heterocycles. The molecule has 0 aromatic carbocycles. The molecule has 2 aromatic rings. The lowest BCUT2D eigenvalue weighted by Gasteiger charge is -2.15. The van der Waals surface area contributed by atoms with E-state index >= 15 is 0 Å². The quantitative estimate of drug-likeness (QED) is 0.902. The smallest absolute Gasteiger partial charge is 0.257 e. The van der Waals surface area contributed by atoms with E-state index in [0.717, 1.165) is 16.3 Å². The van der Waals surface area contributed by atoms with Gasteiger partial charge in [-0.15, -0.1) is 11.3 Å². The van der Waals surface area contributed by atoms with Crippen molar-refractivity contribution in [1.29, 1.82) is 0 Å². The molecule has 0 unspecified atom stereocenters. The van der Waals surface area contributed by atoms with Gasteiger partial charge in [-0.05, 0) is 13.8 Å². The standard InChI is InChI=1S/C11H14N4OS/c1-7-9(4-13-14-7)11(16)15(3)5-10-8(2)12-6-17-10/h4,6H,5H2,1-3H3,(H,13,14). The number of H-pyrrole nitrogens is 1. The molecule has 2 rings (SSSR count). The molecule has 5 nitrogen and oxygen atoms in total. The summed E-state index contributed by atoms with van der Waals surface area (Å²) in [6, 6.07) is 0. The van der Waals surface area contributed by atoms with Gasteiger partial charge in [0.15, 0.2) is 0 Å². The molecule has 0 saturated carbocycles. The Kier molecular flexibility index (Phi) is 3.23. The van der Waals surface area contributed by atoms with Crippen LogP contribution in [0.4, 0.5) is 0 Å². The maximum atomic E-state index is 12.1. The Morgan fingerprint density at radius 3 is 2.82 bits per heavy atom. The molecule has 6 heteroatoms. The van der Waals surface area contributed by atoms with Crippen LogP contribution >= 0.6 is 11.3 Å². The minimum absolute atomic E-state index is 0.0240. The van der Waals surface area contributed by atoms with Gasteiger partial charge in [0.2, 0.25) is 0 Å². The monoisotopic (exact) mass is 250 g/mol. The number of carbonyl (C=O) groups excluding carboxylic acids is 1. The van der Waals surface area contributed by atoms with Crippen LogP contribution in [0.1, 0.15) is 26.6 Å². The zero-order valence-electron chi connectivity index (χ0n) is 10.0. The number of thiazole rings is 1. The zero-order valence-corrected chi connectivity index (χ0v) is 10.8. The van der Waals surface area contributed by atoms with Gasteiger partial charge >= 0.3 is 0 Å². The largest absolute Gasteiger partial charge is 0.336 e. The molecular formula is C11H14N4OS. The number of carbonyl (C=O) groups is 1. The third-order valence-corrected chi connectivity index (χ3v) is 3.55. The second-order valence-corrected chi connectivity index (χ2v) is 4.87. The summed E-state index contributed by atoms with van der Waals surface area (Å²) < 4.78 is 0. The van der Waals surface area contributed by atoms with E-state index in [1.807, 2.05) is 13.8 Å². The number of aryl methyl sites for hydroxylation is 2. The maximum absolute atomic E-state index is 12.1. The highest BCUT2D eigenvalue weighted by Gasteiger charge is 2.17. The summed E-state index contributed by atoms with van der Waals surface area (Å²) in [7, 11) is 1.79. The van der Waals surface area contributed by atoms with Gasteiger partial charge in [-0.2, -0.15) is 5.10 Å². The highest BCUT2D eigenvalue weighted by molar-refractivity contribution is 7.09. The Labute approximate surface area is 103 Å². The van der Waals surface area contributed by atoms with E-state index in [2.05, 4.69) is 15.2 Å². The lowest BCUT2D eigenvalue weighted by molar-refractivity contribution is 0.0785. The van der Waals surface area contributed by atoms with Crippen LogP contribution in [-0.2, 0) is 6.54 Å². The number of hydrogen-bond acceptors (Lipinski definition) is 4. The number of rotatable bonds is 3. The first-order valence-corrected chi connectivity index (χ1v) is 6.12. The number of amides is 1. The van der Waals surface area contributed by atoms with Crippen LogP contribution in [0, 0.1) is 13.8 Å². The van der Waals surface area contributed by atoms with Crippen molar-refractivity contribution in [2.45, 2.75) is 20.4 Å². The first-order valence-electron chi connectivity index (χ1n) is 5.24. The van der Waals surface area contributed by atoms with Crippen molar-refractivity contribution in [2.75, 3.05) is 7.05 Å². The normalized spacial score (nSPS) is 10.5. The van der Waals surface area contributed by atoms with E-state index in [1.165, 1.54) is 0 Å². The third kappa shape index (κ3) is 2.36. The molecule has 0 aliphatic carbocycles. The van der Waals surface area contributed by atoms with Crippen molar-refractivity contribution >= 4 is 17.2 Å². The molecule has 0 bridgehead atoms. The fraction of sp³-hybridized carbons (Fsp3) is 0.364. The van der Waals surface area contributed by atoms with E-state index in [1.54, 1.807) is 35.0 Å². The maximum Gasteiger partial charge on any atom is 0.257 e. The van der Waals surface area contributed by atoms with Crippen molar-refractivity contribution in [3.05, 3.63) is 33.5 Å². The van der Waals surface area contributed by atoms with Crippen LogP contribution in [-0.4, -0.2) is 33.0 Å². The van der Waals surface area contributed by atoms with Gasteiger partial charge in [-0.25, -0.2) is 4.98 Å². The van der Waals surface area contributed by atoms with Crippen LogP contribution < -0.4 is 0 Å². The Morgan fingerprint density at radius 2 is 2.29 bits per heavy atom. The van der Waals surface area contributed by atoms with Crippen LogP contribution in [0.25, 0.3) is 0 Å². The summed E-state index contributed by atoms with van der Waals surface area (Å²) >= 11 is 1.57. The lowest BCUT2D eigenvalue weighted by Crippen LogP contribution is -2.26. The molecular weight excluding hydrogens is 236 g/mol. The van der Waals surface area contributed by atoms with Gasteiger partial charge in [0.05, 0.1) is 29.5 Å². The van der Waals surface area contributed by atoms with Crippen LogP contribution in [0.2, 0.25) is 0 Å². The summed E-state index contributed by atoms with van der Waals surface area (Å²) in [5.74, 6) is -0.0240. The Hall–Kier alpha value is -1.69. The molecule has 0 fully saturated rings. The van der Waals surface area contributed by atoms with E-state index < -0.39 is 0 Å². The SMILES string of the molecule is Cc1ncsc1CN(C)C(=O)c1cn[nH]c1C. The van der Waals surface area contributed by atoms with Gasteiger partial charge in [-0.3, -0.25) is 9.89 Å². The predicted octanol–water partition coefficient (Wildman–Crippen LogP) is 1.76. The lowest BCUT2D eigenvalue weighted by atomic mass is 10.2. The van der Waals surface area contributed by atoms with Crippen molar-refractivity contribution in [1.82, 2.24) is 20.1 Å². The Morgan fingerprint density at radius 1 is 1.53 bits per heavy atom. The average molecular weight is 250 g/mol. The van der Waals surface area contributed by atoms with Gasteiger partial charge in [0.1, 0.15) is 0 Å². The summed E-state index contributed by atoms with van der Waals surface area (Å²) in [6.07, 6.45) is 1.56. The first kappa shape index (κ1) is 11.8. The number of nitrogens with one attached hydrogen (secondary N) is 1. The highest BCUT2D eigenvalue weighted by atomic mass is 32.1. The zero-order chi connectivity index (χ0) is 12.4. The van der Waals surface area contributed by atoms with Crippen LogP contribution in [0.3, 0.4) is 0 Å². The highest BCUT2D eigenvalue weighted by Crippen LogP contribution is 2.16. The summed E-state index contributed by atoms with van der Waals surface area (Å²) in [4.78, 5) is 19.1. The average Bonchev–Trinajstić information content (AvgIpc) is 2.88. The molecule has 2 heterocycles. The number of nitrogens with zero attached hydrogens (tertiary/aromatic N) is 3. The third-order valence-electron chi connectivity index (χ3n) is 2.63. The molecule has 17 heavy (non-hydrogen) atoms. The molecule has 0 atom stereocenters. The molecule has 0 spiro atoms. The van der Waals surface area contributed by atoms with Crippen molar-refractivity contribution < 1.29 is 4.79 Å². The second kappa shape index (κ2) is 4.67. The van der Waals surface area contributed by atoms with E-state index in [4.69, 9.17) is 0 Å². The summed E-state index contributed by atoms with van der Waals surface area (Å²) in [6.45, 7) is 4.37. The number of hydrogen-bond donors (Lipinski definition) is 1. The minimum Gasteiger partial charge on any atom is -0.336 e. The minimum atomic E-state index is -0.0240. The van der Waals surface area contributed by atoms with Gasteiger partial charge in [-0.1, -0.05) is 0 Å². The summed E-state index contributed by atoms with van der Waals surface area (Å²) in [5.41, 5.74) is 4.20. The van der Waals surface area contributed by atoms with Crippen molar-refractivity contribution in [2.24, 2.45) is 0 Å². The molecule has 90 valence electrons. The fourth-order valence-corrected chi connectivity index (χ4v) is 2.37. The van der Waals surface area contributed by atoms with Gasteiger partial charge in [0.25, 0.3) is 5.91 Å². The Bertz CT molecular complexity index is 531. The Balaban J connectivity index is 2.11. The summed E-state index contributed by atoms with van der Waals surface area (Å²) in [5, 5.41) is 6.62. The molecule has 1 amide bonds. The van der Waals surface area contributed by atoms with Crippen LogP contribution in [0.15, 0.2) is 11.7 Å².